The van der Waals surface area contributed by atoms with Gasteiger partial charge in [-0.25, -0.2) is 4.98 Å². The van der Waals surface area contributed by atoms with Crippen LogP contribution in [-0.4, -0.2) is 18.0 Å². The van der Waals surface area contributed by atoms with Gasteiger partial charge in [0.25, 0.3) is 5.91 Å². The van der Waals surface area contributed by atoms with Crippen molar-refractivity contribution in [3.63, 3.8) is 0 Å². The van der Waals surface area contributed by atoms with E-state index >= 15 is 0 Å². The Hall–Kier alpha value is -3.42. The first-order valence-electron chi connectivity index (χ1n) is 9.84. The van der Waals surface area contributed by atoms with Crippen molar-refractivity contribution in [2.24, 2.45) is 0 Å². The van der Waals surface area contributed by atoms with E-state index in [9.17, 15) is 4.79 Å². The lowest BCUT2D eigenvalue weighted by molar-refractivity contribution is 0.0951. The number of nitrogens with two attached hydrogens (primary N) is 1. The smallest absolute Gasteiger partial charge is 0.255 e. The number of ether oxygens (including phenoxy) is 2. The number of pyridine rings is 1. The van der Waals surface area contributed by atoms with Crippen LogP contribution in [0.3, 0.4) is 0 Å². The highest BCUT2D eigenvalue weighted by Gasteiger charge is 2.12. The second kappa shape index (κ2) is 9.59. The Morgan fingerprint density at radius 3 is 2.68 bits per heavy atom. The number of hydrogen-bond donors (Lipinski definition) is 2. The molecule has 0 radical (unpaired) electrons. The molecular weight excluding hydrogens is 410 g/mol. The number of nitrogens with zero attached hydrogens (tertiary/aromatic N) is 1. The zero-order valence-corrected chi connectivity index (χ0v) is 17.9. The number of benzene rings is 2. The molecule has 0 bridgehead atoms. The highest BCUT2D eigenvalue weighted by molar-refractivity contribution is 7.19. The number of nitrogen functional groups attached to an aromatic ring is 1. The Balaban J connectivity index is 1.39. The maximum atomic E-state index is 12.5. The van der Waals surface area contributed by atoms with Crippen LogP contribution in [0.5, 0.6) is 5.75 Å². The first-order valence-corrected chi connectivity index (χ1v) is 10.7. The first-order chi connectivity index (χ1) is 15.1. The van der Waals surface area contributed by atoms with Crippen LogP contribution in [0.25, 0.3) is 10.1 Å². The van der Waals surface area contributed by atoms with E-state index in [1.54, 1.807) is 30.6 Å². The molecule has 0 atom stereocenters. The first kappa shape index (κ1) is 20.8. The lowest BCUT2D eigenvalue weighted by Crippen LogP contribution is -2.24. The molecule has 4 aromatic rings. The Morgan fingerprint density at radius 2 is 1.90 bits per heavy atom. The van der Waals surface area contributed by atoms with E-state index in [-0.39, 0.29) is 11.7 Å². The van der Waals surface area contributed by atoms with Crippen molar-refractivity contribution in [3.8, 4) is 5.75 Å². The van der Waals surface area contributed by atoms with Gasteiger partial charge in [0.05, 0.1) is 24.4 Å². The molecule has 0 fully saturated rings. The number of carbonyl (C=O) groups is 1. The van der Waals surface area contributed by atoms with Gasteiger partial charge in [-0.3, -0.25) is 4.79 Å². The van der Waals surface area contributed by atoms with Gasteiger partial charge in [0, 0.05) is 16.7 Å². The van der Waals surface area contributed by atoms with E-state index in [0.29, 0.717) is 31.0 Å². The molecule has 4 rings (SSSR count). The molecule has 31 heavy (non-hydrogen) atoms. The van der Waals surface area contributed by atoms with Gasteiger partial charge in [-0.2, -0.15) is 0 Å². The number of anilines is 1. The third kappa shape index (κ3) is 5.20. The van der Waals surface area contributed by atoms with Gasteiger partial charge in [-0.1, -0.05) is 30.3 Å². The Labute approximate surface area is 184 Å². The molecule has 1 amide bonds. The summed E-state index contributed by atoms with van der Waals surface area (Å²) in [5, 5.41) is 4.04. The van der Waals surface area contributed by atoms with E-state index < -0.39 is 0 Å². The monoisotopic (exact) mass is 433 g/mol. The van der Waals surface area contributed by atoms with Crippen LogP contribution in [0.4, 0.5) is 5.82 Å². The van der Waals surface area contributed by atoms with E-state index in [4.69, 9.17) is 15.2 Å². The van der Waals surface area contributed by atoms with Crippen molar-refractivity contribution < 1.29 is 14.3 Å². The number of methoxy groups -OCH3 is 1. The standard InChI is InChI=1S/C24H23N3O3S/c1-29-15-18-8-10-21(23(25)27-18)24(28)26-13-20-11-17-7-9-19(12-22(17)31-20)30-14-16-5-3-2-4-6-16/h2-12H,13-15H2,1H3,(H2,25,27)(H,26,28). The van der Waals surface area contributed by atoms with Crippen molar-refractivity contribution in [1.29, 1.82) is 0 Å². The van der Waals surface area contributed by atoms with Gasteiger partial charge in [0.15, 0.2) is 0 Å². The van der Waals surface area contributed by atoms with Gasteiger partial charge < -0.3 is 20.5 Å². The largest absolute Gasteiger partial charge is 0.489 e. The van der Waals surface area contributed by atoms with E-state index in [1.807, 2.05) is 48.5 Å². The molecule has 158 valence electrons. The molecule has 0 aliphatic heterocycles. The molecule has 0 saturated carbocycles. The van der Waals surface area contributed by atoms with Gasteiger partial charge in [-0.05, 0) is 47.3 Å². The summed E-state index contributed by atoms with van der Waals surface area (Å²) in [6.45, 7) is 1.29. The number of rotatable bonds is 8. The van der Waals surface area contributed by atoms with Crippen LogP contribution < -0.4 is 15.8 Å². The van der Waals surface area contributed by atoms with Crippen molar-refractivity contribution in [2.75, 3.05) is 12.8 Å². The number of fused-ring (bicyclic) bond motifs is 1. The molecule has 0 saturated heterocycles. The van der Waals surface area contributed by atoms with E-state index in [0.717, 1.165) is 26.3 Å². The molecule has 0 spiro atoms. The number of amides is 1. The second-order valence-electron chi connectivity index (χ2n) is 7.04. The van der Waals surface area contributed by atoms with Crippen molar-refractivity contribution in [2.45, 2.75) is 19.8 Å². The molecule has 7 heteroatoms. The number of carbonyl (C=O) groups excluding carboxylic acids is 1. The molecule has 3 N–H and O–H groups in total. The normalized spacial score (nSPS) is 10.9. The van der Waals surface area contributed by atoms with Crippen LogP contribution in [0, 0.1) is 0 Å². The average molecular weight is 434 g/mol. The predicted octanol–water partition coefficient (Wildman–Crippen LogP) is 4.53. The Bertz CT molecular complexity index is 1190. The molecule has 2 heterocycles. The van der Waals surface area contributed by atoms with Gasteiger partial charge in [0.2, 0.25) is 0 Å². The lowest BCUT2D eigenvalue weighted by atomic mass is 10.2. The SMILES string of the molecule is COCc1ccc(C(=O)NCc2cc3ccc(OCc4ccccc4)cc3s2)c(N)n1. The Kier molecular flexibility index (Phi) is 6.45. The minimum absolute atomic E-state index is 0.198. The third-order valence-corrected chi connectivity index (χ3v) is 5.83. The highest BCUT2D eigenvalue weighted by atomic mass is 32.1. The van der Waals surface area contributed by atoms with E-state index in [2.05, 4.69) is 16.4 Å². The summed E-state index contributed by atoms with van der Waals surface area (Å²) < 4.78 is 12.1. The second-order valence-corrected chi connectivity index (χ2v) is 8.21. The summed E-state index contributed by atoms with van der Waals surface area (Å²) in [5.41, 5.74) is 8.10. The minimum atomic E-state index is -0.252. The fraction of sp³-hybridized carbons (Fsp3) is 0.167. The fourth-order valence-electron chi connectivity index (χ4n) is 3.18. The predicted molar refractivity (Wildman–Crippen MR) is 123 cm³/mol. The van der Waals surface area contributed by atoms with Crippen molar-refractivity contribution in [3.05, 3.63) is 88.4 Å². The molecule has 2 aromatic heterocycles. The summed E-state index contributed by atoms with van der Waals surface area (Å²) in [6, 6.07) is 21.6. The lowest BCUT2D eigenvalue weighted by Gasteiger charge is -2.07. The minimum Gasteiger partial charge on any atom is -0.489 e. The summed E-state index contributed by atoms with van der Waals surface area (Å²) in [7, 11) is 1.59. The van der Waals surface area contributed by atoms with Gasteiger partial charge in [-0.15, -0.1) is 11.3 Å². The van der Waals surface area contributed by atoms with Crippen LogP contribution in [-0.2, 0) is 24.5 Å². The fourth-order valence-corrected chi connectivity index (χ4v) is 4.22. The van der Waals surface area contributed by atoms with Crippen molar-refractivity contribution >= 4 is 33.1 Å². The Morgan fingerprint density at radius 1 is 1.06 bits per heavy atom. The van der Waals surface area contributed by atoms with Crippen LogP contribution in [0.15, 0.2) is 66.7 Å². The molecular formula is C24H23N3O3S. The molecule has 6 nitrogen and oxygen atoms in total. The summed E-state index contributed by atoms with van der Waals surface area (Å²) in [5.74, 6) is 0.769. The topological polar surface area (TPSA) is 86.5 Å². The van der Waals surface area contributed by atoms with Gasteiger partial charge >= 0.3 is 0 Å². The molecule has 0 aliphatic rings. The van der Waals surface area contributed by atoms with Crippen LogP contribution in [0.2, 0.25) is 0 Å². The quantitative estimate of drug-likeness (QED) is 0.426. The van der Waals surface area contributed by atoms with Crippen LogP contribution in [0.1, 0.15) is 26.5 Å². The maximum Gasteiger partial charge on any atom is 0.255 e. The highest BCUT2D eigenvalue weighted by Crippen LogP contribution is 2.29. The number of nitrogens with one attached hydrogen (secondary N) is 1. The molecule has 0 unspecified atom stereocenters. The average Bonchev–Trinajstić information content (AvgIpc) is 3.19. The number of thiophene rings is 1. The van der Waals surface area contributed by atoms with E-state index in [1.165, 1.54) is 0 Å². The van der Waals surface area contributed by atoms with Crippen LogP contribution >= 0.6 is 11.3 Å². The zero-order chi connectivity index (χ0) is 21.6. The number of aromatic nitrogens is 1. The summed E-state index contributed by atoms with van der Waals surface area (Å²) in [6.07, 6.45) is 0. The molecule has 0 aliphatic carbocycles. The number of hydrogen-bond acceptors (Lipinski definition) is 6. The molecule has 2 aromatic carbocycles. The summed E-state index contributed by atoms with van der Waals surface area (Å²) in [4.78, 5) is 17.8. The van der Waals surface area contributed by atoms with Crippen molar-refractivity contribution in [1.82, 2.24) is 10.3 Å². The maximum absolute atomic E-state index is 12.5. The summed E-state index contributed by atoms with van der Waals surface area (Å²) >= 11 is 1.63. The van der Waals surface area contributed by atoms with Gasteiger partial charge in [0.1, 0.15) is 18.2 Å². The third-order valence-electron chi connectivity index (χ3n) is 4.73. The zero-order valence-electron chi connectivity index (χ0n) is 17.1.